The molecular weight excluding hydrogens is 472 g/mol. The number of carbonyl (C=O) groups excluding carboxylic acids is 1. The number of para-hydroxylation sites is 1. The average molecular weight is 501 g/mol. The van der Waals surface area contributed by atoms with Gasteiger partial charge in [-0.1, -0.05) is 30.3 Å². The van der Waals surface area contributed by atoms with Crippen molar-refractivity contribution in [3.05, 3.63) is 88.8 Å². The molecule has 1 fully saturated rings. The fourth-order valence-corrected chi connectivity index (χ4v) is 4.47. The maximum atomic E-state index is 13.0. The summed E-state index contributed by atoms with van der Waals surface area (Å²) < 4.78 is 21.9. The predicted molar refractivity (Wildman–Crippen MR) is 140 cm³/mol. The van der Waals surface area contributed by atoms with Crippen LogP contribution in [-0.4, -0.2) is 56.3 Å². The molecule has 4 aromatic rings. The number of fused-ring (bicyclic) bond motifs is 1. The lowest BCUT2D eigenvalue weighted by Crippen LogP contribution is -2.49. The Balaban J connectivity index is 1.20. The number of hydrogen-bond acceptors (Lipinski definition) is 7. The van der Waals surface area contributed by atoms with Gasteiger partial charge in [0.1, 0.15) is 29.1 Å². The Morgan fingerprint density at radius 3 is 2.35 bits per heavy atom. The Hall–Kier alpha value is -4.30. The summed E-state index contributed by atoms with van der Waals surface area (Å²) in [6.45, 7) is 3.42. The first-order valence-corrected chi connectivity index (χ1v) is 12.1. The van der Waals surface area contributed by atoms with E-state index in [9.17, 15) is 9.59 Å². The molecule has 3 aromatic carbocycles. The van der Waals surface area contributed by atoms with E-state index in [1.54, 1.807) is 61.6 Å². The molecule has 0 spiro atoms. The standard InChI is InChI=1S/C29H28N2O6/c1-34-23-11-12-24-27(17-23)36-19-25(28(24)32)20-7-9-22(10-8-20)37-29(33)31-15-13-30(14-16-31)18-21-5-3-4-6-26(21)35-2/h3-12,17,19H,13-16,18H2,1-2H3. The van der Waals surface area contributed by atoms with Crippen LogP contribution in [0.5, 0.6) is 17.2 Å². The normalized spacial score (nSPS) is 13.9. The Kier molecular flexibility index (Phi) is 7.09. The molecule has 1 aliphatic rings. The molecule has 1 aliphatic heterocycles. The van der Waals surface area contributed by atoms with Gasteiger partial charge in [-0.3, -0.25) is 9.69 Å². The van der Waals surface area contributed by atoms with E-state index in [-0.39, 0.29) is 11.5 Å². The molecule has 8 heteroatoms. The van der Waals surface area contributed by atoms with Crippen LogP contribution in [-0.2, 0) is 6.54 Å². The van der Waals surface area contributed by atoms with Crippen molar-refractivity contribution in [1.29, 1.82) is 0 Å². The second-order valence-corrected chi connectivity index (χ2v) is 8.81. The second kappa shape index (κ2) is 10.8. The summed E-state index contributed by atoms with van der Waals surface area (Å²) in [6, 6.07) is 19.9. The van der Waals surface area contributed by atoms with Crippen molar-refractivity contribution in [3.63, 3.8) is 0 Å². The first kappa shape index (κ1) is 24.4. The Labute approximate surface area is 214 Å². The van der Waals surface area contributed by atoms with Gasteiger partial charge < -0.3 is 23.5 Å². The summed E-state index contributed by atoms with van der Waals surface area (Å²) in [7, 11) is 3.24. The number of piperazine rings is 1. The summed E-state index contributed by atoms with van der Waals surface area (Å²) in [5.41, 5.74) is 2.56. The minimum absolute atomic E-state index is 0.139. The zero-order chi connectivity index (χ0) is 25.8. The number of amides is 1. The summed E-state index contributed by atoms with van der Waals surface area (Å²) in [5.74, 6) is 1.90. The summed E-state index contributed by atoms with van der Waals surface area (Å²) >= 11 is 0. The SMILES string of the molecule is COc1ccc2c(=O)c(-c3ccc(OC(=O)N4CCN(Cc5ccccc5OC)CC4)cc3)coc2c1. The van der Waals surface area contributed by atoms with Crippen LogP contribution >= 0.6 is 0 Å². The molecule has 0 saturated carbocycles. The van der Waals surface area contributed by atoms with E-state index in [0.29, 0.717) is 46.7 Å². The van der Waals surface area contributed by atoms with Crippen molar-refractivity contribution in [2.24, 2.45) is 0 Å². The van der Waals surface area contributed by atoms with Crippen molar-refractivity contribution in [2.45, 2.75) is 6.54 Å². The Morgan fingerprint density at radius 1 is 0.892 bits per heavy atom. The third kappa shape index (κ3) is 5.29. The van der Waals surface area contributed by atoms with Crippen LogP contribution < -0.4 is 19.6 Å². The number of nitrogens with zero attached hydrogens (tertiary/aromatic N) is 2. The molecule has 37 heavy (non-hydrogen) atoms. The van der Waals surface area contributed by atoms with E-state index >= 15 is 0 Å². The number of ether oxygens (including phenoxy) is 3. The van der Waals surface area contributed by atoms with Gasteiger partial charge in [0.05, 0.1) is 25.2 Å². The smallest absolute Gasteiger partial charge is 0.415 e. The zero-order valence-electron chi connectivity index (χ0n) is 20.8. The van der Waals surface area contributed by atoms with E-state index in [0.717, 1.165) is 30.9 Å². The van der Waals surface area contributed by atoms with E-state index in [2.05, 4.69) is 11.0 Å². The van der Waals surface area contributed by atoms with Crippen LogP contribution in [0.2, 0.25) is 0 Å². The van der Waals surface area contributed by atoms with Crippen LogP contribution in [0.3, 0.4) is 0 Å². The molecule has 0 N–H and O–H groups in total. The lowest BCUT2D eigenvalue weighted by molar-refractivity contribution is 0.107. The van der Waals surface area contributed by atoms with Gasteiger partial charge >= 0.3 is 6.09 Å². The maximum absolute atomic E-state index is 13.0. The highest BCUT2D eigenvalue weighted by Gasteiger charge is 2.23. The monoisotopic (exact) mass is 500 g/mol. The zero-order valence-corrected chi connectivity index (χ0v) is 20.8. The molecule has 1 aromatic heterocycles. The van der Waals surface area contributed by atoms with Crippen molar-refractivity contribution in [2.75, 3.05) is 40.4 Å². The quantitative estimate of drug-likeness (QED) is 0.376. The van der Waals surface area contributed by atoms with Gasteiger partial charge in [-0.15, -0.1) is 0 Å². The number of hydrogen-bond donors (Lipinski definition) is 0. The highest BCUT2D eigenvalue weighted by atomic mass is 16.6. The topological polar surface area (TPSA) is 81.5 Å². The summed E-state index contributed by atoms with van der Waals surface area (Å²) in [4.78, 5) is 29.7. The maximum Gasteiger partial charge on any atom is 0.415 e. The van der Waals surface area contributed by atoms with Crippen molar-refractivity contribution < 1.29 is 23.4 Å². The summed E-state index contributed by atoms with van der Waals surface area (Å²) in [5, 5.41) is 0.471. The van der Waals surface area contributed by atoms with Gasteiger partial charge in [0.25, 0.3) is 0 Å². The van der Waals surface area contributed by atoms with Crippen LogP contribution in [0.1, 0.15) is 5.56 Å². The highest BCUT2D eigenvalue weighted by molar-refractivity contribution is 5.82. The summed E-state index contributed by atoms with van der Waals surface area (Å²) in [6.07, 6.45) is 1.05. The van der Waals surface area contributed by atoms with Crippen LogP contribution in [0.25, 0.3) is 22.1 Å². The lowest BCUT2D eigenvalue weighted by Gasteiger charge is -2.34. The van der Waals surface area contributed by atoms with Gasteiger partial charge in [0.2, 0.25) is 0 Å². The van der Waals surface area contributed by atoms with Gasteiger partial charge in [-0.2, -0.15) is 0 Å². The van der Waals surface area contributed by atoms with E-state index in [4.69, 9.17) is 18.6 Å². The predicted octanol–water partition coefficient (Wildman–Crippen LogP) is 4.79. The minimum atomic E-state index is -0.385. The molecule has 1 amide bonds. The van der Waals surface area contributed by atoms with Gasteiger partial charge in [-0.25, -0.2) is 4.79 Å². The molecular formula is C29H28N2O6. The first-order chi connectivity index (χ1) is 18.1. The van der Waals surface area contributed by atoms with Crippen molar-refractivity contribution in [1.82, 2.24) is 9.80 Å². The van der Waals surface area contributed by atoms with Gasteiger partial charge in [-0.05, 0) is 35.9 Å². The fraction of sp³-hybridized carbons (Fsp3) is 0.241. The largest absolute Gasteiger partial charge is 0.497 e. The van der Waals surface area contributed by atoms with E-state index in [1.807, 2.05) is 18.2 Å². The molecule has 8 nitrogen and oxygen atoms in total. The molecule has 0 radical (unpaired) electrons. The fourth-order valence-electron chi connectivity index (χ4n) is 4.47. The number of benzene rings is 3. The van der Waals surface area contributed by atoms with E-state index < -0.39 is 0 Å². The molecule has 2 heterocycles. The second-order valence-electron chi connectivity index (χ2n) is 8.81. The molecule has 0 bridgehead atoms. The molecule has 190 valence electrons. The number of rotatable bonds is 6. The Morgan fingerprint density at radius 2 is 1.62 bits per heavy atom. The highest BCUT2D eigenvalue weighted by Crippen LogP contribution is 2.25. The number of carbonyl (C=O) groups is 1. The number of methoxy groups -OCH3 is 2. The minimum Gasteiger partial charge on any atom is -0.497 e. The average Bonchev–Trinajstić information content (AvgIpc) is 2.94. The third-order valence-corrected chi connectivity index (χ3v) is 6.57. The first-order valence-electron chi connectivity index (χ1n) is 12.1. The molecule has 0 unspecified atom stereocenters. The van der Waals surface area contributed by atoms with Gasteiger partial charge in [0.15, 0.2) is 5.43 Å². The molecule has 0 aliphatic carbocycles. The molecule has 1 saturated heterocycles. The molecule has 0 atom stereocenters. The van der Waals surface area contributed by atoms with Crippen LogP contribution in [0, 0.1) is 0 Å². The van der Waals surface area contributed by atoms with Crippen LogP contribution in [0.4, 0.5) is 4.79 Å². The third-order valence-electron chi connectivity index (χ3n) is 6.57. The van der Waals surface area contributed by atoms with E-state index in [1.165, 1.54) is 6.26 Å². The van der Waals surface area contributed by atoms with Crippen LogP contribution in [0.15, 0.2) is 82.2 Å². The van der Waals surface area contributed by atoms with Crippen molar-refractivity contribution >= 4 is 17.1 Å². The van der Waals surface area contributed by atoms with Crippen molar-refractivity contribution in [3.8, 4) is 28.4 Å². The Bertz CT molecular complexity index is 1460. The van der Waals surface area contributed by atoms with Gasteiger partial charge in [0, 0.05) is 44.4 Å². The lowest BCUT2D eigenvalue weighted by atomic mass is 10.1. The molecule has 5 rings (SSSR count).